The van der Waals surface area contributed by atoms with Crippen LogP contribution in [-0.4, -0.2) is 38.9 Å². The smallest absolute Gasteiger partial charge is 0.183 e. The van der Waals surface area contributed by atoms with E-state index in [1.165, 1.54) is 20.4 Å². The lowest BCUT2D eigenvalue weighted by atomic mass is 10.1. The van der Waals surface area contributed by atoms with Crippen LogP contribution >= 0.6 is 0 Å². The van der Waals surface area contributed by atoms with Gasteiger partial charge in [-0.3, -0.25) is 4.98 Å². The van der Waals surface area contributed by atoms with Gasteiger partial charge in [-0.2, -0.15) is 0 Å². The summed E-state index contributed by atoms with van der Waals surface area (Å²) in [6.07, 6.45) is 1.49. The number of hydrogen-bond acceptors (Lipinski definition) is 6. The van der Waals surface area contributed by atoms with Gasteiger partial charge in [-0.25, -0.2) is 8.42 Å². The Morgan fingerprint density at radius 2 is 1.95 bits per heavy atom. The second-order valence-corrected chi connectivity index (χ2v) is 7.08. The fraction of sp³-hybridized carbons (Fsp3) is 0.583. The Morgan fingerprint density at radius 1 is 1.32 bits per heavy atom. The molecule has 0 radical (unpaired) electrons. The van der Waals surface area contributed by atoms with E-state index in [9.17, 15) is 8.42 Å². The summed E-state index contributed by atoms with van der Waals surface area (Å²) in [5.41, 5.74) is 5.28. The van der Waals surface area contributed by atoms with Crippen LogP contribution in [0, 0.1) is 0 Å². The van der Waals surface area contributed by atoms with E-state index in [2.05, 4.69) is 4.98 Å². The lowest BCUT2D eigenvalue weighted by Crippen LogP contribution is -2.40. The van der Waals surface area contributed by atoms with Gasteiger partial charge in [0.05, 0.1) is 25.7 Å². The zero-order valence-corrected chi connectivity index (χ0v) is 12.5. The normalized spacial score (nSPS) is 12.3. The van der Waals surface area contributed by atoms with Crippen molar-refractivity contribution >= 4 is 9.84 Å². The van der Waals surface area contributed by atoms with E-state index in [-0.39, 0.29) is 11.5 Å². The molecule has 7 heteroatoms. The minimum Gasteiger partial charge on any atom is -0.493 e. The summed E-state index contributed by atoms with van der Waals surface area (Å²) in [5.74, 6) is 0.439. The zero-order valence-electron chi connectivity index (χ0n) is 11.6. The molecule has 0 saturated carbocycles. The molecular weight excluding hydrogens is 268 g/mol. The maximum Gasteiger partial charge on any atom is 0.183 e. The summed E-state index contributed by atoms with van der Waals surface area (Å²) in [5, 5.41) is 0. The number of sulfone groups is 1. The zero-order chi connectivity index (χ0) is 14.7. The highest BCUT2D eigenvalue weighted by atomic mass is 32.2. The summed E-state index contributed by atoms with van der Waals surface area (Å²) in [6, 6.07) is 1.61. The molecule has 1 aromatic heterocycles. The molecule has 1 rings (SSSR count). The van der Waals surface area contributed by atoms with Gasteiger partial charge in [0, 0.05) is 17.8 Å². The number of aromatic nitrogens is 1. The summed E-state index contributed by atoms with van der Waals surface area (Å²) in [6.45, 7) is 3.33. The minimum atomic E-state index is -3.37. The standard InChI is InChI=1S/C12H20N2O4S/c1-12(2,13)8-19(15,16)7-9-11(18-4)10(17-3)5-6-14-9/h5-6H,7-8,13H2,1-4H3. The third-order valence-corrected chi connectivity index (χ3v) is 4.21. The molecule has 1 aromatic rings. The quantitative estimate of drug-likeness (QED) is 0.830. The van der Waals surface area contributed by atoms with Crippen LogP contribution < -0.4 is 15.2 Å². The summed E-state index contributed by atoms with van der Waals surface area (Å²) in [7, 11) is -0.441. The van der Waals surface area contributed by atoms with Crippen LogP contribution in [0.25, 0.3) is 0 Å². The Balaban J connectivity index is 3.06. The molecule has 6 nitrogen and oxygen atoms in total. The van der Waals surface area contributed by atoms with E-state index < -0.39 is 15.4 Å². The first kappa shape index (κ1) is 15.7. The monoisotopic (exact) mass is 288 g/mol. The average Bonchev–Trinajstić information content (AvgIpc) is 2.24. The van der Waals surface area contributed by atoms with Crippen molar-refractivity contribution in [3.8, 4) is 11.5 Å². The molecule has 0 aliphatic rings. The number of rotatable bonds is 6. The second kappa shape index (κ2) is 5.75. The van der Waals surface area contributed by atoms with Crippen molar-refractivity contribution in [2.45, 2.75) is 25.1 Å². The second-order valence-electron chi connectivity index (χ2n) is 5.01. The predicted molar refractivity (Wildman–Crippen MR) is 73.1 cm³/mol. The highest BCUT2D eigenvalue weighted by Gasteiger charge is 2.25. The van der Waals surface area contributed by atoms with E-state index in [4.69, 9.17) is 15.2 Å². The molecule has 0 aliphatic carbocycles. The Morgan fingerprint density at radius 3 is 2.42 bits per heavy atom. The minimum absolute atomic E-state index is 0.123. The van der Waals surface area contributed by atoms with Crippen LogP contribution in [0.4, 0.5) is 0 Å². The van der Waals surface area contributed by atoms with E-state index in [0.717, 1.165) is 0 Å². The number of ether oxygens (including phenoxy) is 2. The molecule has 0 aliphatic heterocycles. The van der Waals surface area contributed by atoms with Gasteiger partial charge in [0.2, 0.25) is 0 Å². The molecule has 0 aromatic carbocycles. The topological polar surface area (TPSA) is 91.5 Å². The third-order valence-electron chi connectivity index (χ3n) is 2.31. The Kier molecular flexibility index (Phi) is 4.75. The first-order valence-electron chi connectivity index (χ1n) is 5.74. The molecule has 2 N–H and O–H groups in total. The van der Waals surface area contributed by atoms with Crippen molar-refractivity contribution in [3.63, 3.8) is 0 Å². The lowest BCUT2D eigenvalue weighted by Gasteiger charge is -2.18. The first-order chi connectivity index (χ1) is 8.68. The molecule has 0 atom stereocenters. The lowest BCUT2D eigenvalue weighted by molar-refractivity contribution is 0.350. The van der Waals surface area contributed by atoms with Crippen LogP contribution in [0.5, 0.6) is 11.5 Å². The molecule has 0 bridgehead atoms. The van der Waals surface area contributed by atoms with E-state index in [1.807, 2.05) is 0 Å². The van der Waals surface area contributed by atoms with Crippen LogP contribution in [0.15, 0.2) is 12.3 Å². The van der Waals surface area contributed by atoms with Gasteiger partial charge < -0.3 is 15.2 Å². The van der Waals surface area contributed by atoms with Crippen molar-refractivity contribution in [2.75, 3.05) is 20.0 Å². The van der Waals surface area contributed by atoms with Crippen molar-refractivity contribution in [2.24, 2.45) is 5.73 Å². The Labute approximate surface area is 113 Å². The number of methoxy groups -OCH3 is 2. The first-order valence-corrected chi connectivity index (χ1v) is 7.56. The molecule has 0 amide bonds. The highest BCUT2D eigenvalue weighted by Crippen LogP contribution is 2.30. The summed E-state index contributed by atoms with van der Waals surface area (Å²) >= 11 is 0. The SMILES string of the molecule is COc1ccnc(CS(=O)(=O)CC(C)(C)N)c1OC. The predicted octanol–water partition coefficient (Wildman–Crippen LogP) is 0.751. The van der Waals surface area contributed by atoms with Gasteiger partial charge in [0.25, 0.3) is 0 Å². The maximum absolute atomic E-state index is 12.1. The molecule has 1 heterocycles. The van der Waals surface area contributed by atoms with Gasteiger partial charge >= 0.3 is 0 Å². The fourth-order valence-corrected chi connectivity index (χ4v) is 3.64. The van der Waals surface area contributed by atoms with E-state index in [1.54, 1.807) is 19.9 Å². The summed E-state index contributed by atoms with van der Waals surface area (Å²) < 4.78 is 34.4. The Hall–Kier alpha value is -1.34. The van der Waals surface area contributed by atoms with Crippen LogP contribution in [0.2, 0.25) is 0 Å². The van der Waals surface area contributed by atoms with Gasteiger partial charge in [0.1, 0.15) is 5.69 Å². The average molecular weight is 288 g/mol. The molecular formula is C12H20N2O4S. The molecule has 0 spiro atoms. The van der Waals surface area contributed by atoms with Crippen LogP contribution in [-0.2, 0) is 15.6 Å². The fourth-order valence-electron chi connectivity index (χ4n) is 1.78. The Bertz CT molecular complexity index is 535. The van der Waals surface area contributed by atoms with Crippen LogP contribution in [0.3, 0.4) is 0 Å². The molecule has 19 heavy (non-hydrogen) atoms. The molecule has 108 valence electrons. The van der Waals surface area contributed by atoms with Gasteiger partial charge in [-0.15, -0.1) is 0 Å². The highest BCUT2D eigenvalue weighted by molar-refractivity contribution is 7.90. The van der Waals surface area contributed by atoms with Crippen LogP contribution in [0.1, 0.15) is 19.5 Å². The van der Waals surface area contributed by atoms with Crippen molar-refractivity contribution < 1.29 is 17.9 Å². The molecule has 0 saturated heterocycles. The molecule has 0 fully saturated rings. The van der Waals surface area contributed by atoms with E-state index >= 15 is 0 Å². The van der Waals surface area contributed by atoms with Crippen molar-refractivity contribution in [1.82, 2.24) is 4.98 Å². The van der Waals surface area contributed by atoms with Crippen molar-refractivity contribution in [3.05, 3.63) is 18.0 Å². The third kappa shape index (κ3) is 4.68. The number of hydrogen-bond donors (Lipinski definition) is 1. The van der Waals surface area contributed by atoms with Gasteiger partial charge in [-0.05, 0) is 13.8 Å². The summed E-state index contributed by atoms with van der Waals surface area (Å²) in [4.78, 5) is 4.05. The number of pyridine rings is 1. The number of nitrogens with zero attached hydrogens (tertiary/aromatic N) is 1. The van der Waals surface area contributed by atoms with Gasteiger partial charge in [-0.1, -0.05) is 0 Å². The maximum atomic E-state index is 12.1. The van der Waals surface area contributed by atoms with Gasteiger partial charge in [0.15, 0.2) is 21.3 Å². The largest absolute Gasteiger partial charge is 0.493 e. The number of nitrogens with two attached hydrogens (primary N) is 1. The van der Waals surface area contributed by atoms with E-state index in [0.29, 0.717) is 17.2 Å². The molecule has 0 unspecified atom stereocenters. The van der Waals surface area contributed by atoms with Crippen molar-refractivity contribution in [1.29, 1.82) is 0 Å².